The topological polar surface area (TPSA) is 76.1 Å². The number of hydrogen-bond donors (Lipinski definition) is 1. The van der Waals surface area contributed by atoms with Crippen LogP contribution in [0.3, 0.4) is 0 Å². The van der Waals surface area contributed by atoms with Crippen LogP contribution >= 0.6 is 0 Å². The van der Waals surface area contributed by atoms with Crippen molar-refractivity contribution in [3.8, 4) is 0 Å². The zero-order valence-electron chi connectivity index (χ0n) is 7.23. The highest BCUT2D eigenvalue weighted by molar-refractivity contribution is 5.77. The van der Waals surface area contributed by atoms with Crippen molar-refractivity contribution in [3.05, 3.63) is 0 Å². The largest absolute Gasteiger partial charge is 0.440 e. The van der Waals surface area contributed by atoms with E-state index in [1.807, 2.05) is 0 Å². The quantitative estimate of drug-likeness (QED) is 0.634. The highest BCUT2D eigenvalue weighted by atomic mass is 16.7. The molecule has 1 unspecified atom stereocenters. The van der Waals surface area contributed by atoms with Crippen LogP contribution in [0.15, 0.2) is 0 Å². The number of aliphatic hydroxyl groups excluding tert-OH is 1. The minimum absolute atomic E-state index is 0.155. The zero-order chi connectivity index (χ0) is 9.84. The molecule has 1 aliphatic heterocycles. The molecule has 0 aromatic heterocycles. The molecule has 1 aliphatic rings. The number of aliphatic hydroxyl groups is 1. The van der Waals surface area contributed by atoms with Crippen molar-refractivity contribution in [2.75, 3.05) is 19.8 Å². The number of nitrogens with zero attached hydrogens (tertiary/aromatic N) is 1. The van der Waals surface area contributed by atoms with Crippen molar-refractivity contribution in [3.63, 3.8) is 0 Å². The van der Waals surface area contributed by atoms with Crippen molar-refractivity contribution in [2.45, 2.75) is 13.0 Å². The minimum Gasteiger partial charge on any atom is -0.440 e. The van der Waals surface area contributed by atoms with Crippen LogP contribution in [0, 0.1) is 0 Å². The van der Waals surface area contributed by atoms with E-state index in [0.717, 1.165) is 5.06 Å². The number of ether oxygens (including phenoxy) is 1. The number of carbonyl (C=O) groups is 2. The molecule has 1 N–H and O–H groups in total. The van der Waals surface area contributed by atoms with E-state index in [1.54, 1.807) is 0 Å². The lowest BCUT2D eigenvalue weighted by Crippen LogP contribution is -2.28. The number of hydrogen-bond acceptors (Lipinski definition) is 5. The number of amides is 1. The Labute approximate surface area is 75.0 Å². The molecule has 0 saturated carbocycles. The molecule has 6 heteroatoms. The average molecular weight is 189 g/mol. The number of Topliss-reactive ketones (excluding diaryl/α,β-unsaturated/α-hetero) is 1. The van der Waals surface area contributed by atoms with Crippen LogP contribution in [0.25, 0.3) is 0 Å². The maximum absolute atomic E-state index is 10.9. The Morgan fingerprint density at radius 1 is 1.85 bits per heavy atom. The summed E-state index contributed by atoms with van der Waals surface area (Å²) in [5.74, 6) is -0.180. The van der Waals surface area contributed by atoms with Crippen LogP contribution in [0.2, 0.25) is 0 Å². The number of rotatable bonds is 4. The van der Waals surface area contributed by atoms with Gasteiger partial charge in [0.2, 0.25) is 0 Å². The molecule has 13 heavy (non-hydrogen) atoms. The molecule has 1 fully saturated rings. The van der Waals surface area contributed by atoms with Crippen LogP contribution in [0.1, 0.15) is 6.92 Å². The van der Waals surface area contributed by atoms with E-state index < -0.39 is 12.2 Å². The maximum Gasteiger partial charge on any atom is 0.434 e. The molecule has 0 aromatic carbocycles. The molecule has 0 bridgehead atoms. The van der Waals surface area contributed by atoms with Gasteiger partial charge >= 0.3 is 6.09 Å². The predicted octanol–water partition coefficient (Wildman–Crippen LogP) is -0.680. The summed E-state index contributed by atoms with van der Waals surface area (Å²) in [6.45, 7) is 1.10. The van der Waals surface area contributed by atoms with E-state index in [1.165, 1.54) is 6.92 Å². The first-order chi connectivity index (χ1) is 6.13. The van der Waals surface area contributed by atoms with Gasteiger partial charge in [-0.2, -0.15) is 5.06 Å². The van der Waals surface area contributed by atoms with Crippen LogP contribution in [-0.4, -0.2) is 47.9 Å². The van der Waals surface area contributed by atoms with Gasteiger partial charge in [0.1, 0.15) is 12.7 Å². The van der Waals surface area contributed by atoms with Crippen molar-refractivity contribution < 1.29 is 24.3 Å². The van der Waals surface area contributed by atoms with Crippen LogP contribution < -0.4 is 0 Å². The lowest BCUT2D eigenvalue weighted by Gasteiger charge is -2.10. The van der Waals surface area contributed by atoms with Gasteiger partial charge in [-0.15, -0.1) is 0 Å². The van der Waals surface area contributed by atoms with E-state index in [4.69, 9.17) is 9.94 Å². The second-order valence-corrected chi connectivity index (χ2v) is 2.72. The van der Waals surface area contributed by atoms with Crippen molar-refractivity contribution in [1.29, 1.82) is 0 Å². The number of carbonyl (C=O) groups excluding carboxylic acids is 2. The Bertz CT molecular complexity index is 217. The summed E-state index contributed by atoms with van der Waals surface area (Å²) < 4.78 is 4.66. The number of cyclic esters (lactones) is 1. The number of hydroxylamine groups is 2. The van der Waals surface area contributed by atoms with Crippen molar-refractivity contribution >= 4 is 11.9 Å². The minimum atomic E-state index is -0.666. The van der Waals surface area contributed by atoms with Gasteiger partial charge in [0.15, 0.2) is 5.78 Å². The van der Waals surface area contributed by atoms with E-state index in [2.05, 4.69) is 4.74 Å². The predicted molar refractivity (Wildman–Crippen MR) is 40.7 cm³/mol. The molecule has 1 heterocycles. The third-order valence-electron chi connectivity index (χ3n) is 1.47. The molecule has 74 valence electrons. The standard InChI is InChI=1S/C7H11NO5/c1-5(10)4-12-8-2-6(3-9)13-7(8)11/h6,9H,2-4H2,1H3. The zero-order valence-corrected chi connectivity index (χ0v) is 7.23. The second-order valence-electron chi connectivity index (χ2n) is 2.72. The second kappa shape index (κ2) is 4.20. The van der Waals surface area contributed by atoms with Gasteiger partial charge in [-0.05, 0) is 6.92 Å². The third-order valence-corrected chi connectivity index (χ3v) is 1.47. The van der Waals surface area contributed by atoms with Gasteiger partial charge in [0.25, 0.3) is 0 Å². The summed E-state index contributed by atoms with van der Waals surface area (Å²) in [6, 6.07) is 0. The molecular formula is C7H11NO5. The lowest BCUT2D eigenvalue weighted by atomic mass is 10.4. The SMILES string of the molecule is CC(=O)CON1CC(CO)OC1=O. The van der Waals surface area contributed by atoms with Crippen LogP contribution in [0.4, 0.5) is 4.79 Å². The normalized spacial score (nSPS) is 21.8. The molecule has 0 radical (unpaired) electrons. The molecule has 0 spiro atoms. The fraction of sp³-hybridized carbons (Fsp3) is 0.714. The Balaban J connectivity index is 2.35. The van der Waals surface area contributed by atoms with Gasteiger partial charge in [-0.1, -0.05) is 0 Å². The molecule has 0 aromatic rings. The first-order valence-electron chi connectivity index (χ1n) is 3.85. The Morgan fingerprint density at radius 3 is 3.00 bits per heavy atom. The van der Waals surface area contributed by atoms with Crippen molar-refractivity contribution in [2.24, 2.45) is 0 Å². The number of ketones is 1. The smallest absolute Gasteiger partial charge is 0.434 e. The molecule has 1 atom stereocenters. The molecule has 1 saturated heterocycles. The van der Waals surface area contributed by atoms with E-state index >= 15 is 0 Å². The Morgan fingerprint density at radius 2 is 2.54 bits per heavy atom. The maximum atomic E-state index is 10.9. The summed E-state index contributed by atoms with van der Waals surface area (Å²) in [4.78, 5) is 26.2. The van der Waals surface area contributed by atoms with Gasteiger partial charge in [0, 0.05) is 0 Å². The molecule has 0 aliphatic carbocycles. The monoisotopic (exact) mass is 189 g/mol. The van der Waals surface area contributed by atoms with Gasteiger partial charge in [-0.25, -0.2) is 4.79 Å². The molecule has 1 rings (SSSR count). The Kier molecular flexibility index (Phi) is 3.21. The van der Waals surface area contributed by atoms with Gasteiger partial charge < -0.3 is 9.84 Å². The fourth-order valence-corrected chi connectivity index (χ4v) is 0.867. The first kappa shape index (κ1) is 9.94. The summed E-state index contributed by atoms with van der Waals surface area (Å²) >= 11 is 0. The van der Waals surface area contributed by atoms with E-state index in [0.29, 0.717) is 0 Å². The van der Waals surface area contributed by atoms with E-state index in [-0.39, 0.29) is 25.5 Å². The average Bonchev–Trinajstić information content (AvgIpc) is 2.43. The fourth-order valence-electron chi connectivity index (χ4n) is 0.867. The first-order valence-corrected chi connectivity index (χ1v) is 3.85. The van der Waals surface area contributed by atoms with Crippen molar-refractivity contribution in [1.82, 2.24) is 5.06 Å². The highest BCUT2D eigenvalue weighted by Gasteiger charge is 2.31. The third kappa shape index (κ3) is 2.67. The van der Waals surface area contributed by atoms with Gasteiger partial charge in [-0.3, -0.25) is 9.63 Å². The van der Waals surface area contributed by atoms with E-state index in [9.17, 15) is 9.59 Å². The lowest BCUT2D eigenvalue weighted by molar-refractivity contribution is -0.142. The summed E-state index contributed by atoms with van der Waals surface area (Å²) in [5.41, 5.74) is 0. The Hall–Kier alpha value is -1.14. The van der Waals surface area contributed by atoms with Gasteiger partial charge in [0.05, 0.1) is 13.2 Å². The van der Waals surface area contributed by atoms with Crippen LogP contribution in [0.5, 0.6) is 0 Å². The molecule has 6 nitrogen and oxygen atoms in total. The summed E-state index contributed by atoms with van der Waals surface area (Å²) in [6.07, 6.45) is -1.22. The highest BCUT2D eigenvalue weighted by Crippen LogP contribution is 2.10. The molecule has 1 amide bonds. The summed E-state index contributed by atoms with van der Waals surface area (Å²) in [7, 11) is 0. The van der Waals surface area contributed by atoms with Crippen LogP contribution in [-0.2, 0) is 14.4 Å². The summed E-state index contributed by atoms with van der Waals surface area (Å²) in [5, 5.41) is 9.59. The molecular weight excluding hydrogens is 178 g/mol.